The topological polar surface area (TPSA) is 124 Å². The SMILES string of the molecule is N=CN(C=N)c1cc(OCCOCCCCN)c2cn[nH]c2c1. The van der Waals surface area contributed by atoms with Gasteiger partial charge in [-0.1, -0.05) is 0 Å². The summed E-state index contributed by atoms with van der Waals surface area (Å²) in [5.41, 5.74) is 6.87. The standard InChI is InChI=1S/C15H22N6O2/c16-3-1-2-4-22-5-6-23-15-8-12(21(10-17)11-18)7-14-13(15)9-19-20-14/h7-11,17-18H,1-6,16H2,(H,19,20). The number of aromatic amines is 1. The Labute approximate surface area is 134 Å². The van der Waals surface area contributed by atoms with Crippen LogP contribution in [0.2, 0.25) is 0 Å². The molecule has 0 aliphatic heterocycles. The summed E-state index contributed by atoms with van der Waals surface area (Å²) in [6.07, 6.45) is 5.73. The number of ether oxygens (including phenoxy) is 2. The highest BCUT2D eigenvalue weighted by molar-refractivity contribution is 6.00. The van der Waals surface area contributed by atoms with E-state index in [4.69, 9.17) is 26.0 Å². The van der Waals surface area contributed by atoms with E-state index in [9.17, 15) is 0 Å². The van der Waals surface area contributed by atoms with Crippen LogP contribution in [-0.4, -0.2) is 49.2 Å². The van der Waals surface area contributed by atoms with Gasteiger partial charge in [-0.25, -0.2) is 0 Å². The van der Waals surface area contributed by atoms with Gasteiger partial charge in [-0.15, -0.1) is 0 Å². The number of unbranched alkanes of at least 4 members (excludes halogenated alkanes) is 1. The fourth-order valence-corrected chi connectivity index (χ4v) is 2.12. The van der Waals surface area contributed by atoms with Crippen molar-refractivity contribution in [1.82, 2.24) is 10.2 Å². The molecule has 0 aliphatic carbocycles. The molecule has 23 heavy (non-hydrogen) atoms. The molecular formula is C15H22N6O2. The van der Waals surface area contributed by atoms with Crippen molar-refractivity contribution in [1.29, 1.82) is 10.8 Å². The quantitative estimate of drug-likeness (QED) is 0.285. The van der Waals surface area contributed by atoms with Crippen molar-refractivity contribution in [3.05, 3.63) is 18.3 Å². The van der Waals surface area contributed by atoms with Gasteiger partial charge in [-0.3, -0.25) is 20.8 Å². The number of nitrogens with two attached hydrogens (primary N) is 1. The number of anilines is 1. The number of aromatic nitrogens is 2. The van der Waals surface area contributed by atoms with Gasteiger partial charge in [0.05, 0.1) is 42.1 Å². The third-order valence-electron chi connectivity index (χ3n) is 3.31. The molecule has 0 fully saturated rings. The largest absolute Gasteiger partial charge is 0.490 e. The van der Waals surface area contributed by atoms with Crippen LogP contribution < -0.4 is 15.4 Å². The normalized spacial score (nSPS) is 10.7. The van der Waals surface area contributed by atoms with Crippen molar-refractivity contribution < 1.29 is 9.47 Å². The van der Waals surface area contributed by atoms with E-state index in [-0.39, 0.29) is 0 Å². The molecule has 8 heteroatoms. The van der Waals surface area contributed by atoms with E-state index < -0.39 is 0 Å². The van der Waals surface area contributed by atoms with Gasteiger partial charge in [0, 0.05) is 12.7 Å². The minimum atomic E-state index is 0.418. The molecule has 0 saturated carbocycles. The Morgan fingerprint density at radius 1 is 1.17 bits per heavy atom. The maximum atomic E-state index is 7.34. The van der Waals surface area contributed by atoms with Crippen molar-refractivity contribution in [3.63, 3.8) is 0 Å². The minimum Gasteiger partial charge on any atom is -0.490 e. The predicted molar refractivity (Wildman–Crippen MR) is 90.7 cm³/mol. The summed E-state index contributed by atoms with van der Waals surface area (Å²) in [6.45, 7) is 2.27. The van der Waals surface area contributed by atoms with Crippen LogP contribution in [0.25, 0.3) is 10.9 Å². The lowest BCUT2D eigenvalue weighted by molar-refractivity contribution is 0.0982. The monoisotopic (exact) mass is 318 g/mol. The average molecular weight is 318 g/mol. The van der Waals surface area contributed by atoms with Gasteiger partial charge in [0.25, 0.3) is 0 Å². The van der Waals surface area contributed by atoms with Crippen molar-refractivity contribution in [2.24, 2.45) is 5.73 Å². The van der Waals surface area contributed by atoms with E-state index in [1.54, 1.807) is 12.3 Å². The lowest BCUT2D eigenvalue weighted by Gasteiger charge is -2.15. The molecule has 1 aromatic carbocycles. The Morgan fingerprint density at radius 2 is 2.00 bits per heavy atom. The summed E-state index contributed by atoms with van der Waals surface area (Å²) < 4.78 is 11.3. The molecule has 0 radical (unpaired) electrons. The summed E-state index contributed by atoms with van der Waals surface area (Å²) in [5, 5.41) is 22.4. The second kappa shape index (κ2) is 8.86. The van der Waals surface area contributed by atoms with E-state index in [1.807, 2.05) is 6.07 Å². The molecule has 0 spiro atoms. The van der Waals surface area contributed by atoms with Gasteiger partial charge in [-0.2, -0.15) is 5.10 Å². The first-order chi connectivity index (χ1) is 11.3. The number of nitrogens with zero attached hydrogens (tertiary/aromatic N) is 2. The molecule has 0 atom stereocenters. The summed E-state index contributed by atoms with van der Waals surface area (Å²) in [5.74, 6) is 0.644. The Kier molecular flexibility index (Phi) is 6.52. The van der Waals surface area contributed by atoms with Crippen LogP contribution >= 0.6 is 0 Å². The molecule has 0 unspecified atom stereocenters. The summed E-state index contributed by atoms with van der Waals surface area (Å²) in [4.78, 5) is 1.37. The Hall–Kier alpha value is -2.45. The first kappa shape index (κ1) is 16.9. The number of hydrogen-bond donors (Lipinski definition) is 4. The molecule has 124 valence electrons. The van der Waals surface area contributed by atoms with Gasteiger partial charge in [0.15, 0.2) is 0 Å². The highest BCUT2D eigenvalue weighted by Gasteiger charge is 2.10. The molecule has 5 N–H and O–H groups in total. The van der Waals surface area contributed by atoms with Gasteiger partial charge in [0.1, 0.15) is 12.4 Å². The molecule has 8 nitrogen and oxygen atoms in total. The second-order valence-corrected chi connectivity index (χ2v) is 4.90. The van der Waals surface area contributed by atoms with E-state index in [2.05, 4.69) is 10.2 Å². The highest BCUT2D eigenvalue weighted by atomic mass is 16.5. The predicted octanol–water partition coefficient (Wildman–Crippen LogP) is 1.72. The van der Waals surface area contributed by atoms with Crippen molar-refractivity contribution in [3.8, 4) is 5.75 Å². The Bertz CT molecular complexity index is 634. The van der Waals surface area contributed by atoms with Gasteiger partial charge >= 0.3 is 0 Å². The number of nitrogens with one attached hydrogen (secondary N) is 3. The molecule has 0 aliphatic rings. The fraction of sp³-hybridized carbons (Fsp3) is 0.400. The molecule has 2 aromatic rings. The summed E-state index contributed by atoms with van der Waals surface area (Å²) >= 11 is 0. The fourth-order valence-electron chi connectivity index (χ4n) is 2.12. The van der Waals surface area contributed by atoms with Crippen LogP contribution in [-0.2, 0) is 4.74 Å². The van der Waals surface area contributed by atoms with E-state index in [0.717, 1.165) is 36.4 Å². The van der Waals surface area contributed by atoms with Crippen LogP contribution in [0.4, 0.5) is 5.69 Å². The molecule has 0 amide bonds. The zero-order valence-electron chi connectivity index (χ0n) is 12.9. The zero-order valence-corrected chi connectivity index (χ0v) is 12.9. The average Bonchev–Trinajstić information content (AvgIpc) is 3.04. The van der Waals surface area contributed by atoms with Crippen molar-refractivity contribution in [2.45, 2.75) is 12.8 Å². The van der Waals surface area contributed by atoms with Crippen molar-refractivity contribution in [2.75, 3.05) is 31.3 Å². The van der Waals surface area contributed by atoms with E-state index in [0.29, 0.717) is 37.8 Å². The zero-order chi connectivity index (χ0) is 16.5. The van der Waals surface area contributed by atoms with Gasteiger partial charge in [-0.05, 0) is 25.5 Å². The maximum Gasteiger partial charge on any atom is 0.132 e. The van der Waals surface area contributed by atoms with Crippen LogP contribution in [0.1, 0.15) is 12.8 Å². The first-order valence-corrected chi connectivity index (χ1v) is 7.47. The molecular weight excluding hydrogens is 296 g/mol. The van der Waals surface area contributed by atoms with Crippen LogP contribution in [0.5, 0.6) is 5.75 Å². The Morgan fingerprint density at radius 3 is 2.74 bits per heavy atom. The van der Waals surface area contributed by atoms with E-state index in [1.165, 1.54) is 4.90 Å². The van der Waals surface area contributed by atoms with Crippen LogP contribution in [0.3, 0.4) is 0 Å². The second-order valence-electron chi connectivity index (χ2n) is 4.90. The molecule has 0 bridgehead atoms. The third kappa shape index (κ3) is 4.51. The first-order valence-electron chi connectivity index (χ1n) is 7.47. The van der Waals surface area contributed by atoms with Gasteiger partial charge < -0.3 is 15.2 Å². The molecule has 0 saturated heterocycles. The third-order valence-corrected chi connectivity index (χ3v) is 3.31. The van der Waals surface area contributed by atoms with Crippen LogP contribution in [0, 0.1) is 10.8 Å². The number of H-pyrrole nitrogens is 1. The summed E-state index contributed by atoms with van der Waals surface area (Å²) in [6, 6.07) is 3.59. The number of rotatable bonds is 11. The number of fused-ring (bicyclic) bond motifs is 1. The summed E-state index contributed by atoms with van der Waals surface area (Å²) in [7, 11) is 0. The Balaban J connectivity index is 1.99. The molecule has 1 heterocycles. The van der Waals surface area contributed by atoms with E-state index >= 15 is 0 Å². The number of hydrogen-bond acceptors (Lipinski definition) is 6. The lowest BCUT2D eigenvalue weighted by atomic mass is 10.2. The van der Waals surface area contributed by atoms with Gasteiger partial charge in [0.2, 0.25) is 0 Å². The smallest absolute Gasteiger partial charge is 0.132 e. The lowest BCUT2D eigenvalue weighted by Crippen LogP contribution is -2.17. The van der Waals surface area contributed by atoms with Crippen molar-refractivity contribution >= 4 is 29.3 Å². The maximum absolute atomic E-state index is 7.34. The minimum absolute atomic E-state index is 0.418. The molecule has 1 aromatic heterocycles. The number of benzene rings is 1. The highest BCUT2D eigenvalue weighted by Crippen LogP contribution is 2.30. The van der Waals surface area contributed by atoms with Crippen LogP contribution in [0.15, 0.2) is 18.3 Å². The molecule has 2 rings (SSSR count).